The Kier molecular flexibility index (Phi) is 5.93. The van der Waals surface area contributed by atoms with Crippen LogP contribution in [-0.4, -0.2) is 39.4 Å². The number of anilines is 1. The maximum atomic E-state index is 12.8. The molecule has 3 aromatic carbocycles. The van der Waals surface area contributed by atoms with Gasteiger partial charge in [0.1, 0.15) is 0 Å². The normalized spacial score (nSPS) is 12.7. The quantitative estimate of drug-likeness (QED) is 0.382. The molecule has 174 valence electrons. The Morgan fingerprint density at radius 2 is 1.51 bits per heavy atom. The van der Waals surface area contributed by atoms with Gasteiger partial charge >= 0.3 is 0 Å². The van der Waals surface area contributed by atoms with Gasteiger partial charge in [0.15, 0.2) is 0 Å². The number of imide groups is 1. The molecule has 0 bridgehead atoms. The van der Waals surface area contributed by atoms with Gasteiger partial charge in [-0.2, -0.15) is 0 Å². The van der Waals surface area contributed by atoms with E-state index in [4.69, 9.17) is 4.42 Å². The Morgan fingerprint density at radius 1 is 0.857 bits per heavy atom. The van der Waals surface area contributed by atoms with Crippen LogP contribution in [0.15, 0.2) is 77.2 Å². The van der Waals surface area contributed by atoms with Crippen LogP contribution in [0.4, 0.5) is 5.69 Å². The lowest BCUT2D eigenvalue weighted by molar-refractivity contribution is 0.0652. The zero-order valence-corrected chi connectivity index (χ0v) is 19.0. The molecule has 1 aliphatic heterocycles. The smallest absolute Gasteiger partial charge is 0.261 e. The maximum absolute atomic E-state index is 12.8. The van der Waals surface area contributed by atoms with Crippen molar-refractivity contribution in [2.75, 3.05) is 11.9 Å². The molecule has 0 spiro atoms. The third-order valence-corrected chi connectivity index (χ3v) is 5.80. The number of carbonyl (C=O) groups is 3. The highest BCUT2D eigenvalue weighted by molar-refractivity contribution is 6.22. The fourth-order valence-electron chi connectivity index (χ4n) is 3.89. The van der Waals surface area contributed by atoms with Crippen molar-refractivity contribution in [1.82, 2.24) is 15.1 Å². The van der Waals surface area contributed by atoms with Crippen LogP contribution in [0.5, 0.6) is 0 Å². The number of nitrogens with zero attached hydrogens (tertiary/aromatic N) is 3. The summed E-state index contributed by atoms with van der Waals surface area (Å²) in [5.41, 5.74) is 3.01. The minimum Gasteiger partial charge on any atom is -0.416 e. The number of benzene rings is 3. The molecule has 1 aliphatic rings. The average molecular weight is 466 g/mol. The first-order valence-electron chi connectivity index (χ1n) is 11.4. The first-order chi connectivity index (χ1) is 17.0. The first kappa shape index (κ1) is 22.2. The highest BCUT2D eigenvalue weighted by Gasteiger charge is 2.35. The third-order valence-electron chi connectivity index (χ3n) is 5.80. The van der Waals surface area contributed by atoms with E-state index >= 15 is 0 Å². The number of amides is 3. The lowest BCUT2D eigenvalue weighted by Gasteiger charge is -2.12. The lowest BCUT2D eigenvalue weighted by atomic mass is 10.1. The Morgan fingerprint density at radius 3 is 2.20 bits per heavy atom. The molecule has 35 heavy (non-hydrogen) atoms. The summed E-state index contributed by atoms with van der Waals surface area (Å²) in [4.78, 5) is 39.2. The van der Waals surface area contributed by atoms with E-state index in [-0.39, 0.29) is 23.3 Å². The van der Waals surface area contributed by atoms with Crippen molar-refractivity contribution >= 4 is 23.4 Å². The van der Waals surface area contributed by atoms with Gasteiger partial charge in [-0.25, -0.2) is 0 Å². The molecule has 8 heteroatoms. The number of unbranched alkanes of at least 4 members (excludes halogenated alkanes) is 1. The van der Waals surface area contributed by atoms with E-state index in [9.17, 15) is 14.4 Å². The Hall–Kier alpha value is -4.59. The molecule has 4 aromatic rings. The molecule has 3 amide bonds. The lowest BCUT2D eigenvalue weighted by Crippen LogP contribution is -2.30. The van der Waals surface area contributed by atoms with Gasteiger partial charge in [-0.15, -0.1) is 10.2 Å². The Balaban J connectivity index is 1.29. The van der Waals surface area contributed by atoms with Gasteiger partial charge < -0.3 is 9.73 Å². The topological polar surface area (TPSA) is 105 Å². The minimum absolute atomic E-state index is 0.264. The maximum Gasteiger partial charge on any atom is 0.261 e. The predicted octanol–water partition coefficient (Wildman–Crippen LogP) is 5.05. The molecule has 2 heterocycles. The van der Waals surface area contributed by atoms with E-state index in [0.29, 0.717) is 40.7 Å². The van der Waals surface area contributed by atoms with Crippen LogP contribution in [0.3, 0.4) is 0 Å². The first-order valence-corrected chi connectivity index (χ1v) is 11.4. The van der Waals surface area contributed by atoms with Crippen molar-refractivity contribution < 1.29 is 18.8 Å². The molecule has 5 rings (SSSR count). The Bertz CT molecular complexity index is 1410. The SMILES string of the molecule is CCCCN1C(=O)c2ccc(C(=O)Nc3ccc(-c4nnc(-c5ccccc5)o4)cc3)cc2C1=O. The molecule has 0 saturated heterocycles. The molecule has 0 aliphatic carbocycles. The van der Waals surface area contributed by atoms with Crippen molar-refractivity contribution in [1.29, 1.82) is 0 Å². The molecule has 1 N–H and O–H groups in total. The summed E-state index contributed by atoms with van der Waals surface area (Å²) < 4.78 is 5.77. The highest BCUT2D eigenvalue weighted by Crippen LogP contribution is 2.27. The fraction of sp³-hybridized carbons (Fsp3) is 0.148. The second kappa shape index (κ2) is 9.34. The molecule has 0 atom stereocenters. The van der Waals surface area contributed by atoms with Gasteiger partial charge in [-0.3, -0.25) is 19.3 Å². The zero-order valence-electron chi connectivity index (χ0n) is 19.0. The largest absolute Gasteiger partial charge is 0.416 e. The van der Waals surface area contributed by atoms with Crippen LogP contribution in [0, 0.1) is 0 Å². The van der Waals surface area contributed by atoms with Crippen LogP contribution in [0.1, 0.15) is 50.8 Å². The highest BCUT2D eigenvalue weighted by atomic mass is 16.4. The average Bonchev–Trinajstić information content (AvgIpc) is 3.47. The molecule has 0 unspecified atom stereocenters. The summed E-state index contributed by atoms with van der Waals surface area (Å²) in [7, 11) is 0. The van der Waals surface area contributed by atoms with E-state index in [1.165, 1.54) is 11.0 Å². The summed E-state index contributed by atoms with van der Waals surface area (Å²) in [5, 5.41) is 11.0. The Labute approximate surface area is 201 Å². The van der Waals surface area contributed by atoms with E-state index in [1.807, 2.05) is 37.3 Å². The second-order valence-corrected chi connectivity index (χ2v) is 8.19. The molecule has 8 nitrogen and oxygen atoms in total. The predicted molar refractivity (Wildman–Crippen MR) is 130 cm³/mol. The molecule has 1 aromatic heterocycles. The summed E-state index contributed by atoms with van der Waals surface area (Å²) >= 11 is 0. The second-order valence-electron chi connectivity index (χ2n) is 8.19. The van der Waals surface area contributed by atoms with Crippen molar-refractivity contribution in [3.05, 3.63) is 89.5 Å². The fourth-order valence-corrected chi connectivity index (χ4v) is 3.89. The van der Waals surface area contributed by atoms with Crippen molar-refractivity contribution in [2.45, 2.75) is 19.8 Å². The van der Waals surface area contributed by atoms with Crippen LogP contribution in [-0.2, 0) is 0 Å². The number of hydrogen-bond acceptors (Lipinski definition) is 6. The summed E-state index contributed by atoms with van der Waals surface area (Å²) in [5.74, 6) is -0.242. The van der Waals surface area contributed by atoms with Gasteiger partial charge in [0, 0.05) is 28.9 Å². The minimum atomic E-state index is -0.378. The van der Waals surface area contributed by atoms with E-state index in [2.05, 4.69) is 15.5 Å². The molecule has 0 radical (unpaired) electrons. The van der Waals surface area contributed by atoms with Gasteiger partial charge in [-0.1, -0.05) is 31.5 Å². The number of aromatic nitrogens is 2. The van der Waals surface area contributed by atoms with Crippen LogP contribution in [0.2, 0.25) is 0 Å². The van der Waals surface area contributed by atoms with E-state index < -0.39 is 0 Å². The van der Waals surface area contributed by atoms with Gasteiger partial charge in [0.2, 0.25) is 11.8 Å². The number of rotatable bonds is 7. The number of hydrogen-bond donors (Lipinski definition) is 1. The standard InChI is InChI=1S/C27H22N4O4/c1-2-3-15-31-26(33)21-14-11-19(16-22(21)27(31)34)23(32)28-20-12-9-18(10-13-20)25-30-29-24(35-25)17-7-5-4-6-8-17/h4-14,16H,2-3,15H2,1H3,(H,28,32). The van der Waals surface area contributed by atoms with Gasteiger partial charge in [-0.05, 0) is 61.0 Å². The number of fused-ring (bicyclic) bond motifs is 1. The zero-order chi connectivity index (χ0) is 24.4. The monoisotopic (exact) mass is 466 g/mol. The molecule has 0 saturated carbocycles. The summed E-state index contributed by atoms with van der Waals surface area (Å²) in [6, 6.07) is 21.1. The number of carbonyl (C=O) groups excluding carboxylic acids is 3. The van der Waals surface area contributed by atoms with Crippen LogP contribution < -0.4 is 5.32 Å². The van der Waals surface area contributed by atoms with E-state index in [0.717, 1.165) is 18.4 Å². The number of nitrogens with one attached hydrogen (secondary N) is 1. The molecular formula is C27H22N4O4. The van der Waals surface area contributed by atoms with Crippen LogP contribution >= 0.6 is 0 Å². The van der Waals surface area contributed by atoms with Gasteiger partial charge in [0.25, 0.3) is 17.7 Å². The summed E-state index contributed by atoms with van der Waals surface area (Å²) in [6.45, 7) is 2.38. The molecular weight excluding hydrogens is 444 g/mol. The van der Waals surface area contributed by atoms with Gasteiger partial charge in [0.05, 0.1) is 11.1 Å². The third kappa shape index (κ3) is 4.33. The van der Waals surface area contributed by atoms with Crippen LogP contribution in [0.25, 0.3) is 22.9 Å². The van der Waals surface area contributed by atoms with Crippen molar-refractivity contribution in [2.24, 2.45) is 0 Å². The molecule has 0 fully saturated rings. The van der Waals surface area contributed by atoms with Crippen molar-refractivity contribution in [3.63, 3.8) is 0 Å². The van der Waals surface area contributed by atoms with E-state index in [1.54, 1.807) is 36.4 Å². The van der Waals surface area contributed by atoms with Crippen molar-refractivity contribution in [3.8, 4) is 22.9 Å². The summed E-state index contributed by atoms with van der Waals surface area (Å²) in [6.07, 6.45) is 1.62.